The van der Waals surface area contributed by atoms with Crippen molar-refractivity contribution in [2.75, 3.05) is 12.3 Å². The second kappa shape index (κ2) is 6.96. The molecule has 1 atom stereocenters. The fourth-order valence-corrected chi connectivity index (χ4v) is 2.52. The Kier molecular flexibility index (Phi) is 5.01. The van der Waals surface area contributed by atoms with E-state index in [1.54, 1.807) is 23.5 Å². The molecule has 0 spiro atoms. The summed E-state index contributed by atoms with van der Waals surface area (Å²) in [5, 5.41) is 4.94. The number of hydrogen-bond acceptors (Lipinski definition) is 4. The van der Waals surface area contributed by atoms with Crippen LogP contribution in [0.1, 0.15) is 24.3 Å². The third kappa shape index (κ3) is 3.99. The summed E-state index contributed by atoms with van der Waals surface area (Å²) in [6.45, 7) is 2.29. The highest BCUT2D eigenvalue weighted by Crippen LogP contribution is 2.20. The van der Waals surface area contributed by atoms with Gasteiger partial charge in [0.05, 0.1) is 24.8 Å². The Morgan fingerprint density at radius 1 is 1.35 bits per heavy atom. The van der Waals surface area contributed by atoms with Crippen LogP contribution < -0.4 is 15.8 Å². The minimum absolute atomic E-state index is 0.0274. The molecule has 1 aromatic carbocycles. The number of amides is 1. The van der Waals surface area contributed by atoms with E-state index in [4.69, 9.17) is 10.5 Å². The van der Waals surface area contributed by atoms with Crippen molar-refractivity contribution in [3.63, 3.8) is 0 Å². The first-order valence-electron chi connectivity index (χ1n) is 6.47. The SMILES string of the molecule is CC(NC(=O)CCOc1ccccc1N)c1cccs1. The molecule has 0 aliphatic carbocycles. The number of carbonyl (C=O) groups excluding carboxylic acids is 1. The van der Waals surface area contributed by atoms with E-state index >= 15 is 0 Å². The molecular formula is C15H18N2O2S. The third-order valence-corrected chi connectivity index (χ3v) is 3.91. The summed E-state index contributed by atoms with van der Waals surface area (Å²) in [5.74, 6) is 0.590. The molecule has 0 aliphatic rings. The first-order chi connectivity index (χ1) is 9.66. The molecule has 2 aromatic rings. The predicted molar refractivity (Wildman–Crippen MR) is 81.8 cm³/mol. The van der Waals surface area contributed by atoms with E-state index in [0.29, 0.717) is 24.5 Å². The minimum Gasteiger partial charge on any atom is -0.491 e. The highest BCUT2D eigenvalue weighted by Gasteiger charge is 2.10. The highest BCUT2D eigenvalue weighted by molar-refractivity contribution is 7.10. The molecule has 0 bridgehead atoms. The van der Waals surface area contributed by atoms with E-state index in [9.17, 15) is 4.79 Å². The van der Waals surface area contributed by atoms with Gasteiger partial charge in [-0.25, -0.2) is 0 Å². The molecule has 5 heteroatoms. The smallest absolute Gasteiger partial charge is 0.223 e. The maximum atomic E-state index is 11.8. The number of carbonyl (C=O) groups is 1. The molecule has 0 aliphatic heterocycles. The summed E-state index contributed by atoms with van der Waals surface area (Å²) >= 11 is 1.63. The molecule has 4 nitrogen and oxygen atoms in total. The molecule has 0 saturated heterocycles. The maximum absolute atomic E-state index is 11.8. The molecule has 2 rings (SSSR count). The number of hydrogen-bond donors (Lipinski definition) is 2. The van der Waals surface area contributed by atoms with Gasteiger partial charge in [0.1, 0.15) is 5.75 Å². The van der Waals surface area contributed by atoms with E-state index in [2.05, 4.69) is 5.32 Å². The zero-order valence-corrected chi connectivity index (χ0v) is 12.2. The summed E-state index contributed by atoms with van der Waals surface area (Å²) in [6, 6.07) is 11.3. The molecule has 0 fully saturated rings. The Balaban J connectivity index is 1.74. The van der Waals surface area contributed by atoms with E-state index in [1.165, 1.54) is 0 Å². The van der Waals surface area contributed by atoms with Gasteiger partial charge in [0.25, 0.3) is 0 Å². The lowest BCUT2D eigenvalue weighted by Gasteiger charge is -2.13. The second-order valence-electron chi connectivity index (χ2n) is 4.44. The number of para-hydroxylation sites is 2. The van der Waals surface area contributed by atoms with Crippen molar-refractivity contribution < 1.29 is 9.53 Å². The van der Waals surface area contributed by atoms with Gasteiger partial charge in [-0.2, -0.15) is 0 Å². The number of thiophene rings is 1. The van der Waals surface area contributed by atoms with E-state index < -0.39 is 0 Å². The van der Waals surface area contributed by atoms with Gasteiger partial charge in [-0.1, -0.05) is 18.2 Å². The predicted octanol–water partition coefficient (Wildman–Crippen LogP) is 2.98. The monoisotopic (exact) mass is 290 g/mol. The van der Waals surface area contributed by atoms with Gasteiger partial charge in [-0.15, -0.1) is 11.3 Å². The van der Waals surface area contributed by atoms with Crippen LogP contribution in [0.3, 0.4) is 0 Å². The number of rotatable bonds is 6. The van der Waals surface area contributed by atoms with Gasteiger partial charge in [-0.05, 0) is 30.5 Å². The zero-order chi connectivity index (χ0) is 14.4. The van der Waals surface area contributed by atoms with Crippen LogP contribution in [0.25, 0.3) is 0 Å². The van der Waals surface area contributed by atoms with Crippen LogP contribution in [-0.2, 0) is 4.79 Å². The van der Waals surface area contributed by atoms with Crippen LogP contribution in [0.4, 0.5) is 5.69 Å². The molecule has 1 amide bonds. The average Bonchev–Trinajstić information content (AvgIpc) is 2.95. The van der Waals surface area contributed by atoms with Gasteiger partial charge in [0.2, 0.25) is 5.91 Å². The van der Waals surface area contributed by atoms with Gasteiger partial charge >= 0.3 is 0 Å². The quantitative estimate of drug-likeness (QED) is 0.804. The zero-order valence-electron chi connectivity index (χ0n) is 11.3. The largest absolute Gasteiger partial charge is 0.491 e. The third-order valence-electron chi connectivity index (χ3n) is 2.85. The van der Waals surface area contributed by atoms with Crippen LogP contribution in [0.15, 0.2) is 41.8 Å². The summed E-state index contributed by atoms with van der Waals surface area (Å²) in [4.78, 5) is 13.0. The lowest BCUT2D eigenvalue weighted by molar-refractivity contribution is -0.122. The summed E-state index contributed by atoms with van der Waals surface area (Å²) < 4.78 is 5.50. The van der Waals surface area contributed by atoms with E-state index in [0.717, 1.165) is 4.88 Å². The van der Waals surface area contributed by atoms with Gasteiger partial charge in [0, 0.05) is 4.88 Å². The Hall–Kier alpha value is -2.01. The molecule has 106 valence electrons. The summed E-state index contributed by atoms with van der Waals surface area (Å²) in [5.41, 5.74) is 6.34. The van der Waals surface area contributed by atoms with E-state index in [1.807, 2.05) is 36.6 Å². The lowest BCUT2D eigenvalue weighted by Crippen LogP contribution is -2.27. The van der Waals surface area contributed by atoms with Crippen molar-refractivity contribution in [1.82, 2.24) is 5.32 Å². The van der Waals surface area contributed by atoms with Gasteiger partial charge in [-0.3, -0.25) is 4.79 Å². The van der Waals surface area contributed by atoms with Crippen LogP contribution in [0, 0.1) is 0 Å². The number of nitrogen functional groups attached to an aromatic ring is 1. The standard InChI is InChI=1S/C15H18N2O2S/c1-11(14-7-4-10-20-14)17-15(18)8-9-19-13-6-3-2-5-12(13)16/h2-7,10-11H,8-9,16H2,1H3,(H,17,18). The fourth-order valence-electron chi connectivity index (χ4n) is 1.79. The Bertz CT molecular complexity index is 555. The Morgan fingerprint density at radius 3 is 2.85 bits per heavy atom. The molecule has 1 heterocycles. The molecule has 20 heavy (non-hydrogen) atoms. The summed E-state index contributed by atoms with van der Waals surface area (Å²) in [6.07, 6.45) is 0.310. The topological polar surface area (TPSA) is 64.3 Å². The number of nitrogens with one attached hydrogen (secondary N) is 1. The van der Waals surface area contributed by atoms with Crippen molar-refractivity contribution >= 4 is 22.9 Å². The van der Waals surface area contributed by atoms with Crippen molar-refractivity contribution in [3.8, 4) is 5.75 Å². The van der Waals surface area contributed by atoms with Crippen molar-refractivity contribution in [2.24, 2.45) is 0 Å². The summed E-state index contributed by atoms with van der Waals surface area (Å²) in [7, 11) is 0. The number of anilines is 1. The molecule has 1 unspecified atom stereocenters. The first-order valence-corrected chi connectivity index (χ1v) is 7.35. The van der Waals surface area contributed by atoms with E-state index in [-0.39, 0.29) is 11.9 Å². The number of ether oxygens (including phenoxy) is 1. The van der Waals surface area contributed by atoms with Crippen LogP contribution in [0.5, 0.6) is 5.75 Å². The van der Waals surface area contributed by atoms with Crippen molar-refractivity contribution in [2.45, 2.75) is 19.4 Å². The molecule has 0 radical (unpaired) electrons. The minimum atomic E-state index is -0.0274. The molecular weight excluding hydrogens is 272 g/mol. The average molecular weight is 290 g/mol. The van der Waals surface area contributed by atoms with Gasteiger partial charge < -0.3 is 15.8 Å². The van der Waals surface area contributed by atoms with Crippen LogP contribution in [-0.4, -0.2) is 12.5 Å². The first kappa shape index (κ1) is 14.4. The van der Waals surface area contributed by atoms with Crippen molar-refractivity contribution in [1.29, 1.82) is 0 Å². The molecule has 0 saturated carbocycles. The normalized spacial score (nSPS) is 11.8. The fraction of sp³-hybridized carbons (Fsp3) is 0.267. The highest BCUT2D eigenvalue weighted by atomic mass is 32.1. The Morgan fingerprint density at radius 2 is 2.15 bits per heavy atom. The van der Waals surface area contributed by atoms with Crippen LogP contribution in [0.2, 0.25) is 0 Å². The van der Waals surface area contributed by atoms with Crippen LogP contribution >= 0.6 is 11.3 Å². The lowest BCUT2D eigenvalue weighted by atomic mass is 10.2. The van der Waals surface area contributed by atoms with Gasteiger partial charge in [0.15, 0.2) is 0 Å². The Labute approximate surface area is 122 Å². The molecule has 3 N–H and O–H groups in total. The molecule has 1 aromatic heterocycles. The van der Waals surface area contributed by atoms with Crippen molar-refractivity contribution in [3.05, 3.63) is 46.7 Å². The number of nitrogens with two attached hydrogens (primary N) is 1. The number of benzene rings is 1. The second-order valence-corrected chi connectivity index (χ2v) is 5.42. The maximum Gasteiger partial charge on any atom is 0.223 e.